The van der Waals surface area contributed by atoms with Gasteiger partial charge >= 0.3 is 0 Å². The Hall–Kier alpha value is -2.93. The summed E-state index contributed by atoms with van der Waals surface area (Å²) in [7, 11) is 1.65. The van der Waals surface area contributed by atoms with Gasteiger partial charge in [0.2, 0.25) is 5.91 Å². The summed E-state index contributed by atoms with van der Waals surface area (Å²) in [5.41, 5.74) is 8.10. The normalized spacial score (nSPS) is 12.3. The summed E-state index contributed by atoms with van der Waals surface area (Å²) in [6.07, 6.45) is 0.370. The minimum atomic E-state index is -0.698. The van der Waals surface area contributed by atoms with Crippen LogP contribution in [0.15, 0.2) is 42.5 Å². The largest absolute Gasteiger partial charge is 0.508 e. The number of carbonyl (C=O) groups is 1. The Morgan fingerprint density at radius 2 is 2.04 bits per heavy atom. The van der Waals surface area contributed by atoms with Gasteiger partial charge in [-0.25, -0.2) is 9.37 Å². The highest BCUT2D eigenvalue weighted by atomic mass is 19.1. The molecular formula is C18H19FN4O2. The molecule has 1 amide bonds. The summed E-state index contributed by atoms with van der Waals surface area (Å²) in [4.78, 5) is 21.3. The second kappa shape index (κ2) is 6.90. The van der Waals surface area contributed by atoms with Crippen molar-refractivity contribution in [2.75, 3.05) is 7.05 Å². The van der Waals surface area contributed by atoms with Crippen LogP contribution in [0.25, 0.3) is 11.0 Å². The molecule has 1 aromatic heterocycles. The Bertz CT molecular complexity index is 892. The Balaban J connectivity index is 1.65. The molecule has 1 heterocycles. The number of H-pyrrole nitrogens is 1. The number of nitrogens with zero attached hydrogens (tertiary/aromatic N) is 2. The number of hydrogen-bond acceptors (Lipinski definition) is 4. The molecule has 0 saturated carbocycles. The Morgan fingerprint density at radius 1 is 1.32 bits per heavy atom. The third-order valence-corrected chi connectivity index (χ3v) is 3.97. The molecule has 0 unspecified atom stereocenters. The van der Waals surface area contributed by atoms with Crippen molar-refractivity contribution in [2.24, 2.45) is 5.73 Å². The molecule has 3 rings (SSSR count). The van der Waals surface area contributed by atoms with Crippen LogP contribution in [-0.4, -0.2) is 39.0 Å². The molecule has 0 radical (unpaired) electrons. The molecular weight excluding hydrogens is 323 g/mol. The van der Waals surface area contributed by atoms with Gasteiger partial charge in [-0.1, -0.05) is 12.1 Å². The van der Waals surface area contributed by atoms with Gasteiger partial charge in [-0.15, -0.1) is 0 Å². The number of phenols is 1. The van der Waals surface area contributed by atoms with E-state index < -0.39 is 6.04 Å². The first-order chi connectivity index (χ1) is 11.9. The predicted octanol–water partition coefficient (Wildman–Crippen LogP) is 1.94. The van der Waals surface area contributed by atoms with Crippen LogP contribution in [-0.2, 0) is 17.8 Å². The van der Waals surface area contributed by atoms with Crippen molar-refractivity contribution >= 4 is 16.9 Å². The molecule has 0 spiro atoms. The van der Waals surface area contributed by atoms with Crippen molar-refractivity contribution in [3.63, 3.8) is 0 Å². The van der Waals surface area contributed by atoms with Crippen LogP contribution in [0.4, 0.5) is 4.39 Å². The van der Waals surface area contributed by atoms with Gasteiger partial charge in [-0.05, 0) is 42.3 Å². The number of halogens is 1. The second-order valence-electron chi connectivity index (χ2n) is 6.02. The average Bonchev–Trinajstić information content (AvgIpc) is 2.97. The van der Waals surface area contributed by atoms with Crippen LogP contribution < -0.4 is 5.73 Å². The number of carbonyl (C=O) groups excluding carboxylic acids is 1. The van der Waals surface area contributed by atoms with Crippen molar-refractivity contribution in [3.05, 3.63) is 59.7 Å². The summed E-state index contributed by atoms with van der Waals surface area (Å²) < 4.78 is 13.2. The summed E-state index contributed by atoms with van der Waals surface area (Å²) in [6, 6.07) is 10.2. The zero-order valence-corrected chi connectivity index (χ0v) is 13.7. The molecule has 130 valence electrons. The fraction of sp³-hybridized carbons (Fsp3) is 0.222. The maximum absolute atomic E-state index is 13.2. The second-order valence-corrected chi connectivity index (χ2v) is 6.02. The monoisotopic (exact) mass is 342 g/mol. The summed E-state index contributed by atoms with van der Waals surface area (Å²) in [5, 5.41) is 9.29. The molecule has 0 saturated heterocycles. The fourth-order valence-corrected chi connectivity index (χ4v) is 2.67. The number of likely N-dealkylation sites (N-methyl/N-ethyl adjacent to an activating group) is 1. The maximum Gasteiger partial charge on any atom is 0.239 e. The zero-order chi connectivity index (χ0) is 18.0. The van der Waals surface area contributed by atoms with Crippen LogP contribution in [0.2, 0.25) is 0 Å². The predicted molar refractivity (Wildman–Crippen MR) is 92.3 cm³/mol. The van der Waals surface area contributed by atoms with E-state index in [9.17, 15) is 14.3 Å². The first-order valence-electron chi connectivity index (χ1n) is 7.85. The molecule has 0 bridgehead atoms. The van der Waals surface area contributed by atoms with E-state index in [1.54, 1.807) is 37.4 Å². The molecule has 0 aliphatic carbocycles. The lowest BCUT2D eigenvalue weighted by atomic mass is 10.1. The average molecular weight is 342 g/mol. The van der Waals surface area contributed by atoms with Crippen molar-refractivity contribution < 1.29 is 14.3 Å². The van der Waals surface area contributed by atoms with E-state index in [0.29, 0.717) is 23.3 Å². The zero-order valence-electron chi connectivity index (χ0n) is 13.7. The maximum atomic E-state index is 13.2. The number of amides is 1. The number of fused-ring (bicyclic) bond motifs is 1. The lowest BCUT2D eigenvalue weighted by molar-refractivity contribution is -0.131. The van der Waals surface area contributed by atoms with Gasteiger partial charge in [0.05, 0.1) is 23.6 Å². The molecule has 3 aromatic rings. The van der Waals surface area contributed by atoms with Gasteiger partial charge in [0.1, 0.15) is 17.4 Å². The number of nitrogens with one attached hydrogen (secondary N) is 1. The number of imidazole rings is 1. The molecule has 6 nitrogen and oxygen atoms in total. The molecule has 0 fully saturated rings. The van der Waals surface area contributed by atoms with Gasteiger partial charge in [0.15, 0.2) is 0 Å². The van der Waals surface area contributed by atoms with Gasteiger partial charge in [0, 0.05) is 7.05 Å². The van der Waals surface area contributed by atoms with E-state index in [-0.39, 0.29) is 24.0 Å². The molecule has 4 N–H and O–H groups in total. The highest BCUT2D eigenvalue weighted by molar-refractivity contribution is 5.82. The van der Waals surface area contributed by atoms with Gasteiger partial charge in [0.25, 0.3) is 0 Å². The Morgan fingerprint density at radius 3 is 2.76 bits per heavy atom. The number of phenolic OH excluding ortho intramolecular Hbond substituents is 1. The Kier molecular flexibility index (Phi) is 4.67. The lowest BCUT2D eigenvalue weighted by Gasteiger charge is -2.20. The lowest BCUT2D eigenvalue weighted by Crippen LogP contribution is -2.42. The number of nitrogens with two attached hydrogens (primary N) is 1. The molecule has 0 aliphatic rings. The summed E-state index contributed by atoms with van der Waals surface area (Å²) in [5.74, 6) is 0.165. The van der Waals surface area contributed by atoms with Crippen molar-refractivity contribution in [1.29, 1.82) is 0 Å². The minimum absolute atomic E-state index is 0.169. The number of aromatic amines is 1. The van der Waals surface area contributed by atoms with E-state index in [2.05, 4.69) is 9.97 Å². The van der Waals surface area contributed by atoms with E-state index in [4.69, 9.17) is 5.73 Å². The van der Waals surface area contributed by atoms with Crippen LogP contribution in [0.1, 0.15) is 11.4 Å². The van der Waals surface area contributed by atoms with Crippen molar-refractivity contribution in [1.82, 2.24) is 14.9 Å². The Labute approximate surface area is 144 Å². The first kappa shape index (κ1) is 16.9. The minimum Gasteiger partial charge on any atom is -0.508 e. The van der Waals surface area contributed by atoms with Crippen LogP contribution in [0, 0.1) is 5.82 Å². The number of aromatic hydroxyl groups is 1. The topological polar surface area (TPSA) is 95.2 Å². The highest BCUT2D eigenvalue weighted by Crippen LogP contribution is 2.15. The van der Waals surface area contributed by atoms with E-state index in [0.717, 1.165) is 5.56 Å². The van der Waals surface area contributed by atoms with Gasteiger partial charge < -0.3 is 20.7 Å². The van der Waals surface area contributed by atoms with E-state index in [1.165, 1.54) is 17.0 Å². The molecule has 1 atom stereocenters. The standard InChI is InChI=1S/C18H19FN4O2/c1-23(10-17-21-15-7-4-12(19)9-16(15)22-17)18(25)14(20)8-11-2-5-13(24)6-3-11/h2-7,9,14,24H,8,10,20H2,1H3,(H,21,22)/t14-/m0/s1. The summed E-state index contributed by atoms with van der Waals surface area (Å²) in [6.45, 7) is 0.248. The highest BCUT2D eigenvalue weighted by Gasteiger charge is 2.19. The number of benzene rings is 2. The number of hydrogen-bond donors (Lipinski definition) is 3. The fourth-order valence-electron chi connectivity index (χ4n) is 2.67. The van der Waals surface area contributed by atoms with Crippen molar-refractivity contribution in [2.45, 2.75) is 19.0 Å². The van der Waals surface area contributed by atoms with Crippen LogP contribution in [0.5, 0.6) is 5.75 Å². The molecule has 25 heavy (non-hydrogen) atoms. The number of aromatic nitrogens is 2. The quantitative estimate of drug-likeness (QED) is 0.660. The van der Waals surface area contributed by atoms with Crippen LogP contribution in [0.3, 0.4) is 0 Å². The third-order valence-electron chi connectivity index (χ3n) is 3.97. The van der Waals surface area contributed by atoms with E-state index >= 15 is 0 Å². The number of rotatable bonds is 5. The van der Waals surface area contributed by atoms with E-state index in [1.807, 2.05) is 0 Å². The molecule has 2 aromatic carbocycles. The first-order valence-corrected chi connectivity index (χ1v) is 7.85. The van der Waals surface area contributed by atoms with Gasteiger partial charge in [-0.3, -0.25) is 4.79 Å². The SMILES string of the molecule is CN(Cc1nc2ccc(F)cc2[nH]1)C(=O)[C@@H](N)Cc1ccc(O)cc1. The third kappa shape index (κ3) is 3.95. The smallest absolute Gasteiger partial charge is 0.239 e. The molecule has 0 aliphatic heterocycles. The summed E-state index contributed by atoms with van der Waals surface area (Å²) >= 11 is 0. The van der Waals surface area contributed by atoms with Gasteiger partial charge in [-0.2, -0.15) is 0 Å². The molecule has 7 heteroatoms. The van der Waals surface area contributed by atoms with Crippen molar-refractivity contribution in [3.8, 4) is 5.75 Å². The van der Waals surface area contributed by atoms with Crippen LogP contribution >= 0.6 is 0 Å².